The Kier molecular flexibility index (Phi) is 3.50. The predicted octanol–water partition coefficient (Wildman–Crippen LogP) is 1.83. The van der Waals surface area contributed by atoms with Crippen molar-refractivity contribution in [3.05, 3.63) is 0 Å². The van der Waals surface area contributed by atoms with E-state index in [1.54, 1.807) is 34.6 Å². The van der Waals surface area contributed by atoms with Gasteiger partial charge in [-0.15, -0.1) is 0 Å². The van der Waals surface area contributed by atoms with E-state index in [2.05, 4.69) is 0 Å². The second-order valence-corrected chi connectivity index (χ2v) is 5.15. The lowest BCUT2D eigenvalue weighted by Gasteiger charge is -2.44. The van der Waals surface area contributed by atoms with Crippen LogP contribution in [0.25, 0.3) is 0 Å². The van der Waals surface area contributed by atoms with Crippen LogP contribution in [0.2, 0.25) is 0 Å². The number of hydrogen-bond acceptors (Lipinski definition) is 2. The van der Waals surface area contributed by atoms with Gasteiger partial charge in [-0.05, 0) is 34.6 Å². The van der Waals surface area contributed by atoms with E-state index in [1.807, 2.05) is 0 Å². The van der Waals surface area contributed by atoms with Crippen molar-refractivity contribution in [3.8, 4) is 0 Å². The van der Waals surface area contributed by atoms with Gasteiger partial charge in [-0.2, -0.15) is 0 Å². The van der Waals surface area contributed by atoms with Gasteiger partial charge in [-0.1, -0.05) is 12.2 Å². The first-order valence-electron chi connectivity index (χ1n) is 4.34. The summed E-state index contributed by atoms with van der Waals surface area (Å²) >= 11 is 4.87. The van der Waals surface area contributed by atoms with Crippen LogP contribution in [0.5, 0.6) is 0 Å². The average molecular weight is 218 g/mol. The summed E-state index contributed by atoms with van der Waals surface area (Å²) in [4.78, 5) is 12.5. The van der Waals surface area contributed by atoms with E-state index in [1.165, 1.54) is 4.90 Å². The lowest BCUT2D eigenvalue weighted by molar-refractivity contribution is 0.0619. The molecule has 0 aromatic rings. The van der Waals surface area contributed by atoms with E-state index in [-0.39, 0.29) is 4.99 Å². The number of carboxylic acid groups (broad SMARTS) is 1. The quantitative estimate of drug-likeness (QED) is 0.694. The zero-order valence-corrected chi connectivity index (χ0v) is 10.1. The molecule has 0 radical (unpaired) electrons. The molecule has 82 valence electrons. The first-order valence-corrected chi connectivity index (χ1v) is 4.75. The molecule has 3 N–H and O–H groups in total. The average Bonchev–Trinajstić information content (AvgIpc) is 1.79. The van der Waals surface area contributed by atoms with Crippen LogP contribution >= 0.6 is 12.2 Å². The summed E-state index contributed by atoms with van der Waals surface area (Å²) < 4.78 is 0. The number of nitrogens with two attached hydrogens (primary N) is 1. The Hall–Kier alpha value is -0.840. The Balaban J connectivity index is 5.24. The Morgan fingerprint density at radius 3 is 1.71 bits per heavy atom. The fourth-order valence-corrected chi connectivity index (χ4v) is 1.57. The van der Waals surface area contributed by atoms with Gasteiger partial charge < -0.3 is 10.8 Å². The van der Waals surface area contributed by atoms with Crippen LogP contribution in [0.1, 0.15) is 34.6 Å². The summed E-state index contributed by atoms with van der Waals surface area (Å²) in [5.41, 5.74) is 4.17. The molecule has 0 heterocycles. The third-order valence-electron chi connectivity index (χ3n) is 2.02. The van der Waals surface area contributed by atoms with Crippen LogP contribution in [0.3, 0.4) is 0 Å². The molecule has 0 unspecified atom stereocenters. The number of rotatable bonds is 2. The largest absolute Gasteiger partial charge is 0.465 e. The van der Waals surface area contributed by atoms with Crippen molar-refractivity contribution < 1.29 is 9.90 Å². The molecule has 0 aromatic carbocycles. The van der Waals surface area contributed by atoms with E-state index < -0.39 is 17.2 Å². The van der Waals surface area contributed by atoms with E-state index >= 15 is 0 Å². The molecule has 0 saturated heterocycles. The minimum Gasteiger partial charge on any atom is -0.465 e. The molecule has 14 heavy (non-hydrogen) atoms. The van der Waals surface area contributed by atoms with E-state index in [9.17, 15) is 4.79 Å². The molecule has 0 aliphatic carbocycles. The summed E-state index contributed by atoms with van der Waals surface area (Å²) in [6, 6.07) is 0. The maximum Gasteiger partial charge on any atom is 0.408 e. The molecule has 0 aromatic heterocycles. The van der Waals surface area contributed by atoms with Crippen LogP contribution in [-0.4, -0.2) is 32.2 Å². The van der Waals surface area contributed by atoms with Crippen LogP contribution in [0.15, 0.2) is 0 Å². The number of carbonyl (C=O) groups is 1. The molecule has 0 aliphatic heterocycles. The predicted molar refractivity (Wildman–Crippen MR) is 60.5 cm³/mol. The smallest absolute Gasteiger partial charge is 0.408 e. The highest BCUT2D eigenvalue weighted by Gasteiger charge is 2.40. The third kappa shape index (κ3) is 2.57. The van der Waals surface area contributed by atoms with Crippen molar-refractivity contribution >= 4 is 23.3 Å². The lowest BCUT2D eigenvalue weighted by Crippen LogP contribution is -2.61. The fourth-order valence-electron chi connectivity index (χ4n) is 1.47. The van der Waals surface area contributed by atoms with Crippen molar-refractivity contribution in [2.45, 2.75) is 45.7 Å². The van der Waals surface area contributed by atoms with Gasteiger partial charge in [-0.3, -0.25) is 4.90 Å². The molecule has 0 rings (SSSR count). The fraction of sp³-hybridized carbons (Fsp3) is 0.778. The summed E-state index contributed by atoms with van der Waals surface area (Å²) in [7, 11) is 0. The normalized spacial score (nSPS) is 12.4. The highest BCUT2D eigenvalue weighted by Crippen LogP contribution is 2.25. The van der Waals surface area contributed by atoms with Crippen LogP contribution in [0, 0.1) is 0 Å². The van der Waals surface area contributed by atoms with E-state index in [4.69, 9.17) is 23.1 Å². The molecule has 0 saturated carbocycles. The highest BCUT2D eigenvalue weighted by atomic mass is 32.1. The molecule has 0 atom stereocenters. The van der Waals surface area contributed by atoms with Gasteiger partial charge in [0, 0.05) is 5.54 Å². The van der Waals surface area contributed by atoms with Gasteiger partial charge in [0.1, 0.15) is 0 Å². The molecule has 0 bridgehead atoms. The Morgan fingerprint density at radius 2 is 1.64 bits per heavy atom. The Morgan fingerprint density at radius 1 is 1.29 bits per heavy atom. The molecular formula is C9H18N2O2S. The second-order valence-electron chi connectivity index (χ2n) is 4.71. The SMILES string of the molecule is CC(C)(C)N(C(=O)O)C(C)(C)C(N)=S. The zero-order valence-electron chi connectivity index (χ0n) is 9.29. The van der Waals surface area contributed by atoms with Gasteiger partial charge in [-0.25, -0.2) is 4.79 Å². The number of amides is 1. The highest BCUT2D eigenvalue weighted by molar-refractivity contribution is 7.80. The Labute approximate surface area is 90.1 Å². The van der Waals surface area contributed by atoms with Crippen LogP contribution < -0.4 is 5.73 Å². The second kappa shape index (κ2) is 3.73. The third-order valence-corrected chi connectivity index (χ3v) is 2.52. The summed E-state index contributed by atoms with van der Waals surface area (Å²) in [5.74, 6) is 0. The zero-order chi connectivity index (χ0) is 11.7. The monoisotopic (exact) mass is 218 g/mol. The van der Waals surface area contributed by atoms with Gasteiger partial charge in [0.15, 0.2) is 0 Å². The van der Waals surface area contributed by atoms with Gasteiger partial charge in [0.2, 0.25) is 0 Å². The first-order chi connectivity index (χ1) is 6.01. The molecule has 0 fully saturated rings. The standard InChI is InChI=1S/C9H18N2O2S/c1-8(2,3)11(7(12)13)9(4,5)6(10)14/h1-5H3,(H2,10,14)(H,12,13). The molecule has 0 aliphatic rings. The van der Waals surface area contributed by atoms with Crippen molar-refractivity contribution in [3.63, 3.8) is 0 Å². The Bertz CT molecular complexity index is 256. The van der Waals surface area contributed by atoms with Gasteiger partial charge >= 0.3 is 6.09 Å². The summed E-state index contributed by atoms with van der Waals surface area (Å²) in [6.07, 6.45) is -1.02. The molecule has 0 spiro atoms. The lowest BCUT2D eigenvalue weighted by atomic mass is 9.95. The van der Waals surface area contributed by atoms with E-state index in [0.29, 0.717) is 0 Å². The molecule has 5 heteroatoms. The van der Waals surface area contributed by atoms with Crippen molar-refractivity contribution in [1.29, 1.82) is 0 Å². The summed E-state index contributed by atoms with van der Waals surface area (Å²) in [5, 5.41) is 9.10. The maximum absolute atomic E-state index is 11.1. The molecular weight excluding hydrogens is 200 g/mol. The summed E-state index contributed by atoms with van der Waals surface area (Å²) in [6.45, 7) is 8.83. The van der Waals surface area contributed by atoms with Gasteiger partial charge in [0.25, 0.3) is 0 Å². The van der Waals surface area contributed by atoms with Crippen LogP contribution in [0.4, 0.5) is 4.79 Å². The van der Waals surface area contributed by atoms with Crippen molar-refractivity contribution in [2.75, 3.05) is 0 Å². The first kappa shape index (κ1) is 13.2. The van der Waals surface area contributed by atoms with Crippen molar-refractivity contribution in [1.82, 2.24) is 4.90 Å². The van der Waals surface area contributed by atoms with E-state index in [0.717, 1.165) is 0 Å². The molecule has 1 amide bonds. The maximum atomic E-state index is 11.1. The number of hydrogen-bond donors (Lipinski definition) is 2. The van der Waals surface area contributed by atoms with Crippen molar-refractivity contribution in [2.24, 2.45) is 5.73 Å². The minimum atomic E-state index is -1.02. The topological polar surface area (TPSA) is 66.6 Å². The number of nitrogens with zero attached hydrogens (tertiary/aromatic N) is 1. The van der Waals surface area contributed by atoms with Crippen LogP contribution in [-0.2, 0) is 0 Å². The van der Waals surface area contributed by atoms with Gasteiger partial charge in [0.05, 0.1) is 10.5 Å². The molecule has 4 nitrogen and oxygen atoms in total. The number of thiocarbonyl (C=S) groups is 1. The minimum absolute atomic E-state index is 0.176.